The molecule has 2 aliphatic rings. The Morgan fingerprint density at radius 2 is 1.81 bits per heavy atom. The maximum Gasteiger partial charge on any atom is 0.338 e. The molecule has 1 saturated carbocycles. The number of carbonyl (C=O) groups is 2. The molecule has 1 saturated heterocycles. The van der Waals surface area contributed by atoms with Crippen LogP contribution in [0.5, 0.6) is 5.75 Å². The zero-order valence-corrected chi connectivity index (χ0v) is 19.1. The second-order valence-corrected chi connectivity index (χ2v) is 10.2. The molecular formula is C22H32N2O6S. The minimum absolute atomic E-state index is 0.0607. The Morgan fingerprint density at radius 1 is 1.13 bits per heavy atom. The first-order valence-electron chi connectivity index (χ1n) is 11.0. The number of hydrogen-bond acceptors (Lipinski definition) is 6. The molecule has 0 spiro atoms. The van der Waals surface area contributed by atoms with Gasteiger partial charge in [-0.3, -0.25) is 4.79 Å². The highest BCUT2D eigenvalue weighted by atomic mass is 32.2. The zero-order chi connectivity index (χ0) is 22.4. The molecule has 9 heteroatoms. The molecule has 3 rings (SSSR count). The third kappa shape index (κ3) is 5.77. The van der Waals surface area contributed by atoms with E-state index >= 15 is 0 Å². The molecular weight excluding hydrogens is 420 g/mol. The van der Waals surface area contributed by atoms with E-state index in [0.717, 1.165) is 25.7 Å². The lowest BCUT2D eigenvalue weighted by molar-refractivity contribution is -0.129. The van der Waals surface area contributed by atoms with Gasteiger partial charge in [-0.1, -0.05) is 19.3 Å². The molecule has 1 heterocycles. The summed E-state index contributed by atoms with van der Waals surface area (Å²) in [7, 11) is -2.40. The third-order valence-corrected chi connectivity index (χ3v) is 7.94. The average molecular weight is 453 g/mol. The molecule has 172 valence electrons. The summed E-state index contributed by atoms with van der Waals surface area (Å²) in [6.45, 7) is 2.98. The number of hydrogen-bond donors (Lipinski definition) is 1. The Morgan fingerprint density at radius 3 is 2.45 bits per heavy atom. The molecule has 31 heavy (non-hydrogen) atoms. The van der Waals surface area contributed by atoms with E-state index in [2.05, 4.69) is 5.32 Å². The molecule has 1 amide bonds. The molecule has 1 N–H and O–H groups in total. The van der Waals surface area contributed by atoms with Gasteiger partial charge in [0.05, 0.1) is 12.7 Å². The zero-order valence-electron chi connectivity index (χ0n) is 18.3. The lowest BCUT2D eigenvalue weighted by Crippen LogP contribution is -2.38. The fourth-order valence-corrected chi connectivity index (χ4v) is 5.83. The van der Waals surface area contributed by atoms with Gasteiger partial charge in [-0.15, -0.1) is 0 Å². The summed E-state index contributed by atoms with van der Waals surface area (Å²) in [5.74, 6) is -0.458. The van der Waals surface area contributed by atoms with Crippen LogP contribution >= 0.6 is 0 Å². The van der Waals surface area contributed by atoms with Crippen molar-refractivity contribution >= 4 is 21.9 Å². The van der Waals surface area contributed by atoms with Crippen molar-refractivity contribution in [1.82, 2.24) is 9.62 Å². The van der Waals surface area contributed by atoms with Gasteiger partial charge in [0.2, 0.25) is 10.0 Å². The number of carbonyl (C=O) groups excluding carboxylic acids is 2. The van der Waals surface area contributed by atoms with E-state index in [1.807, 2.05) is 0 Å². The van der Waals surface area contributed by atoms with Crippen LogP contribution in [0.25, 0.3) is 0 Å². The highest BCUT2D eigenvalue weighted by Gasteiger charge is 2.31. The quantitative estimate of drug-likeness (QED) is 0.609. The number of amides is 1. The van der Waals surface area contributed by atoms with Gasteiger partial charge in [-0.05, 0) is 56.7 Å². The van der Waals surface area contributed by atoms with Crippen LogP contribution in [0.1, 0.15) is 62.2 Å². The first kappa shape index (κ1) is 23.5. The van der Waals surface area contributed by atoms with E-state index < -0.39 is 22.1 Å². The number of rotatable bonds is 8. The SMILES string of the molecule is COc1ccc(C(=O)OC(C)C(=O)NCC2CCCCC2)cc1S(=O)(=O)N1CCCC1. The van der Waals surface area contributed by atoms with Crippen LogP contribution in [-0.2, 0) is 19.6 Å². The smallest absolute Gasteiger partial charge is 0.338 e. The van der Waals surface area contributed by atoms with Gasteiger partial charge in [0, 0.05) is 19.6 Å². The van der Waals surface area contributed by atoms with Crippen molar-refractivity contribution < 1.29 is 27.5 Å². The standard InChI is InChI=1S/C22H32N2O6S/c1-16(21(25)23-15-17-8-4-3-5-9-17)30-22(26)18-10-11-19(29-2)20(14-18)31(27,28)24-12-6-7-13-24/h10-11,14,16-17H,3-9,12-13,15H2,1-2H3,(H,23,25). The van der Waals surface area contributed by atoms with E-state index in [4.69, 9.17) is 9.47 Å². The van der Waals surface area contributed by atoms with Crippen molar-refractivity contribution in [2.75, 3.05) is 26.7 Å². The molecule has 1 aromatic carbocycles. The molecule has 8 nitrogen and oxygen atoms in total. The van der Waals surface area contributed by atoms with Gasteiger partial charge in [-0.2, -0.15) is 4.31 Å². The Bertz CT molecular complexity index is 889. The van der Waals surface area contributed by atoms with Gasteiger partial charge < -0.3 is 14.8 Å². The van der Waals surface area contributed by atoms with Crippen LogP contribution in [-0.4, -0.2) is 57.4 Å². The van der Waals surface area contributed by atoms with Gasteiger partial charge >= 0.3 is 5.97 Å². The molecule has 1 unspecified atom stereocenters. The normalized spacial score (nSPS) is 19.0. The van der Waals surface area contributed by atoms with Gasteiger partial charge in [-0.25, -0.2) is 13.2 Å². The molecule has 1 aromatic rings. The molecule has 0 aromatic heterocycles. The number of nitrogens with zero attached hydrogens (tertiary/aromatic N) is 1. The van der Waals surface area contributed by atoms with E-state index in [9.17, 15) is 18.0 Å². The molecule has 1 aliphatic carbocycles. The van der Waals surface area contributed by atoms with Crippen molar-refractivity contribution in [2.24, 2.45) is 5.92 Å². The average Bonchev–Trinajstić information content (AvgIpc) is 3.33. The second-order valence-electron chi connectivity index (χ2n) is 8.27. The number of esters is 1. The van der Waals surface area contributed by atoms with E-state index in [-0.39, 0.29) is 22.1 Å². The number of methoxy groups -OCH3 is 1. The Balaban J connectivity index is 1.66. The Kier molecular flexibility index (Phi) is 7.94. The van der Waals surface area contributed by atoms with Crippen LogP contribution in [0.15, 0.2) is 23.1 Å². The van der Waals surface area contributed by atoms with Crippen molar-refractivity contribution in [2.45, 2.75) is 62.9 Å². The highest BCUT2D eigenvalue weighted by Crippen LogP contribution is 2.30. The molecule has 1 atom stereocenters. The number of nitrogens with one attached hydrogen (secondary N) is 1. The Hall–Kier alpha value is -2.13. The predicted molar refractivity (Wildman–Crippen MR) is 115 cm³/mol. The lowest BCUT2D eigenvalue weighted by Gasteiger charge is -2.22. The monoisotopic (exact) mass is 452 g/mol. The first-order valence-corrected chi connectivity index (χ1v) is 12.4. The van der Waals surface area contributed by atoms with Crippen molar-refractivity contribution in [1.29, 1.82) is 0 Å². The van der Waals surface area contributed by atoms with Gasteiger partial charge in [0.25, 0.3) is 5.91 Å². The van der Waals surface area contributed by atoms with Crippen LogP contribution in [0.3, 0.4) is 0 Å². The molecule has 0 bridgehead atoms. The molecule has 0 radical (unpaired) electrons. The van der Waals surface area contributed by atoms with E-state index in [1.165, 1.54) is 55.8 Å². The van der Waals surface area contributed by atoms with E-state index in [1.54, 1.807) is 0 Å². The number of ether oxygens (including phenoxy) is 2. The van der Waals surface area contributed by atoms with Crippen molar-refractivity contribution in [3.63, 3.8) is 0 Å². The van der Waals surface area contributed by atoms with Gasteiger partial charge in [0.15, 0.2) is 6.10 Å². The van der Waals surface area contributed by atoms with Gasteiger partial charge in [0.1, 0.15) is 10.6 Å². The summed E-state index contributed by atoms with van der Waals surface area (Å²) in [4.78, 5) is 24.9. The van der Waals surface area contributed by atoms with Crippen LogP contribution in [0.4, 0.5) is 0 Å². The summed E-state index contributed by atoms with van der Waals surface area (Å²) in [5.41, 5.74) is 0.0607. The highest BCUT2D eigenvalue weighted by molar-refractivity contribution is 7.89. The second kappa shape index (κ2) is 10.5. The van der Waals surface area contributed by atoms with Crippen LogP contribution in [0.2, 0.25) is 0 Å². The van der Waals surface area contributed by atoms with E-state index in [0.29, 0.717) is 25.6 Å². The van der Waals surface area contributed by atoms with Crippen molar-refractivity contribution in [3.05, 3.63) is 23.8 Å². The number of sulfonamides is 1. The maximum absolute atomic E-state index is 13.0. The third-order valence-electron chi connectivity index (χ3n) is 6.02. The minimum atomic E-state index is -3.78. The summed E-state index contributed by atoms with van der Waals surface area (Å²) in [6, 6.07) is 4.14. The first-order chi connectivity index (χ1) is 14.8. The summed E-state index contributed by atoms with van der Waals surface area (Å²) >= 11 is 0. The minimum Gasteiger partial charge on any atom is -0.495 e. The molecule has 2 fully saturated rings. The lowest BCUT2D eigenvalue weighted by atomic mass is 9.89. The van der Waals surface area contributed by atoms with Crippen LogP contribution < -0.4 is 10.1 Å². The summed E-state index contributed by atoms with van der Waals surface area (Å²) < 4.78 is 37.9. The Labute approximate surface area is 184 Å². The topological polar surface area (TPSA) is 102 Å². The molecule has 1 aliphatic heterocycles. The van der Waals surface area contributed by atoms with Crippen molar-refractivity contribution in [3.8, 4) is 5.75 Å². The largest absolute Gasteiger partial charge is 0.495 e. The predicted octanol–water partition coefficient (Wildman–Crippen LogP) is 2.72. The fourth-order valence-electron chi connectivity index (χ4n) is 4.13. The van der Waals surface area contributed by atoms with Crippen LogP contribution in [0, 0.1) is 5.92 Å². The summed E-state index contributed by atoms with van der Waals surface area (Å²) in [5, 5.41) is 2.86. The number of benzene rings is 1. The maximum atomic E-state index is 13.0. The summed E-state index contributed by atoms with van der Waals surface area (Å²) in [6.07, 6.45) is 6.46. The fraction of sp³-hybridized carbons (Fsp3) is 0.636.